The molecule has 13 heavy (non-hydrogen) atoms. The third-order valence-electron chi connectivity index (χ3n) is 1.43. The van der Waals surface area contributed by atoms with Gasteiger partial charge in [-0.05, 0) is 19.1 Å². The second-order valence-corrected chi connectivity index (χ2v) is 3.52. The van der Waals surface area contributed by atoms with Gasteiger partial charge in [-0.2, -0.15) is 0 Å². The molecule has 0 aliphatic rings. The molecule has 0 fully saturated rings. The Morgan fingerprint density at radius 3 is 2.85 bits per heavy atom. The van der Waals surface area contributed by atoms with Gasteiger partial charge in [0.05, 0.1) is 12.3 Å². The van der Waals surface area contributed by atoms with Crippen molar-refractivity contribution in [3.8, 4) is 5.75 Å². The second-order valence-electron chi connectivity index (χ2n) is 2.36. The van der Waals surface area contributed by atoms with Crippen LogP contribution in [0.1, 0.15) is 6.92 Å². The van der Waals surface area contributed by atoms with Crippen LogP contribution < -0.4 is 10.1 Å². The fourth-order valence-corrected chi connectivity index (χ4v) is 1.20. The van der Waals surface area contributed by atoms with E-state index in [1.165, 1.54) is 0 Å². The predicted octanol–water partition coefficient (Wildman–Crippen LogP) is 2.71. The lowest BCUT2D eigenvalue weighted by atomic mass is 10.3. The van der Waals surface area contributed by atoms with Crippen molar-refractivity contribution in [1.82, 2.24) is 0 Å². The summed E-state index contributed by atoms with van der Waals surface area (Å²) in [6, 6.07) is 7.61. The van der Waals surface area contributed by atoms with Gasteiger partial charge in [-0.15, -0.1) is 12.6 Å². The zero-order valence-corrected chi connectivity index (χ0v) is 8.99. The van der Waals surface area contributed by atoms with Crippen LogP contribution in [0.4, 0.5) is 5.69 Å². The molecule has 0 bridgehead atoms. The van der Waals surface area contributed by atoms with Crippen LogP contribution in [0.5, 0.6) is 5.75 Å². The van der Waals surface area contributed by atoms with E-state index in [9.17, 15) is 0 Å². The van der Waals surface area contributed by atoms with Gasteiger partial charge in [-0.1, -0.05) is 24.4 Å². The topological polar surface area (TPSA) is 21.3 Å². The highest BCUT2D eigenvalue weighted by Crippen LogP contribution is 2.23. The monoisotopic (exact) mass is 213 g/mol. The van der Waals surface area contributed by atoms with Gasteiger partial charge >= 0.3 is 0 Å². The Morgan fingerprint density at radius 2 is 2.23 bits per heavy atom. The number of para-hydroxylation sites is 2. The maximum Gasteiger partial charge on any atom is 0.142 e. The molecule has 0 heterocycles. The molecular formula is C9H11NOS2. The molecular weight excluding hydrogens is 202 g/mol. The van der Waals surface area contributed by atoms with E-state index >= 15 is 0 Å². The van der Waals surface area contributed by atoms with Crippen LogP contribution in [0.25, 0.3) is 0 Å². The van der Waals surface area contributed by atoms with Crippen LogP contribution in [0, 0.1) is 0 Å². The Labute approximate surface area is 88.7 Å². The van der Waals surface area contributed by atoms with Crippen LogP contribution in [-0.4, -0.2) is 10.9 Å². The number of rotatable bonds is 3. The van der Waals surface area contributed by atoms with E-state index in [1.54, 1.807) is 0 Å². The summed E-state index contributed by atoms with van der Waals surface area (Å²) in [6.45, 7) is 2.58. The summed E-state index contributed by atoms with van der Waals surface area (Å²) in [7, 11) is 0. The average molecular weight is 213 g/mol. The molecule has 0 aromatic heterocycles. The Kier molecular flexibility index (Phi) is 4.05. The number of nitrogens with one attached hydrogen (secondary N) is 1. The van der Waals surface area contributed by atoms with E-state index in [1.807, 2.05) is 31.2 Å². The normalized spacial score (nSPS) is 9.38. The first-order valence-electron chi connectivity index (χ1n) is 3.95. The van der Waals surface area contributed by atoms with Crippen molar-refractivity contribution in [2.75, 3.05) is 11.9 Å². The maximum atomic E-state index is 5.38. The Hall–Kier alpha value is -0.740. The fraction of sp³-hybridized carbons (Fsp3) is 0.222. The molecule has 4 heteroatoms. The lowest BCUT2D eigenvalue weighted by Gasteiger charge is -2.09. The van der Waals surface area contributed by atoms with Crippen LogP contribution in [-0.2, 0) is 0 Å². The molecule has 0 radical (unpaired) electrons. The molecule has 0 atom stereocenters. The standard InChI is InChI=1S/C9H11NOS2/c1-2-11-8-6-4-3-5-7(8)10-9(12)13/h3-6H,2H2,1H3,(H2,10,12,13). The minimum atomic E-state index is 0.437. The molecule has 70 valence electrons. The van der Waals surface area contributed by atoms with Gasteiger partial charge in [0.1, 0.15) is 10.1 Å². The van der Waals surface area contributed by atoms with Crippen LogP contribution >= 0.6 is 24.8 Å². The number of thiol groups is 1. The van der Waals surface area contributed by atoms with Gasteiger partial charge in [0.2, 0.25) is 0 Å². The Bertz CT molecular complexity index is 301. The van der Waals surface area contributed by atoms with Crippen LogP contribution in [0.3, 0.4) is 0 Å². The van der Waals surface area contributed by atoms with Gasteiger partial charge in [0.25, 0.3) is 0 Å². The summed E-state index contributed by atoms with van der Waals surface area (Å²) >= 11 is 8.81. The lowest BCUT2D eigenvalue weighted by Crippen LogP contribution is -2.03. The summed E-state index contributed by atoms with van der Waals surface area (Å²) in [4.78, 5) is 0. The number of ether oxygens (including phenoxy) is 1. The molecule has 2 nitrogen and oxygen atoms in total. The Morgan fingerprint density at radius 1 is 1.54 bits per heavy atom. The van der Waals surface area contributed by atoms with Crippen molar-refractivity contribution < 1.29 is 4.74 Å². The predicted molar refractivity (Wildman–Crippen MR) is 62.8 cm³/mol. The third kappa shape index (κ3) is 3.24. The summed E-state index contributed by atoms with van der Waals surface area (Å²) in [5.74, 6) is 0.793. The van der Waals surface area contributed by atoms with Crippen molar-refractivity contribution >= 4 is 34.9 Å². The zero-order chi connectivity index (χ0) is 9.68. The largest absolute Gasteiger partial charge is 0.492 e. The lowest BCUT2D eigenvalue weighted by molar-refractivity contribution is 0.342. The van der Waals surface area contributed by atoms with E-state index in [4.69, 9.17) is 17.0 Å². The molecule has 0 spiro atoms. The van der Waals surface area contributed by atoms with Crippen molar-refractivity contribution in [2.45, 2.75) is 6.92 Å². The van der Waals surface area contributed by atoms with Crippen molar-refractivity contribution in [3.63, 3.8) is 0 Å². The summed E-state index contributed by atoms with van der Waals surface area (Å²) in [6.07, 6.45) is 0. The van der Waals surface area contributed by atoms with Crippen LogP contribution in [0.15, 0.2) is 24.3 Å². The molecule has 0 amide bonds. The highest BCUT2D eigenvalue weighted by Gasteiger charge is 2.01. The van der Waals surface area contributed by atoms with Gasteiger partial charge in [0.15, 0.2) is 0 Å². The molecule has 1 rings (SSSR count). The number of hydrogen-bond donors (Lipinski definition) is 2. The zero-order valence-electron chi connectivity index (χ0n) is 7.28. The molecule has 0 aliphatic heterocycles. The quantitative estimate of drug-likeness (QED) is 0.595. The van der Waals surface area contributed by atoms with E-state index < -0.39 is 0 Å². The molecule has 1 aromatic carbocycles. The SMILES string of the molecule is CCOc1ccccc1NC(=S)S. The first-order chi connectivity index (χ1) is 6.24. The fourth-order valence-electron chi connectivity index (χ4n) is 0.966. The Balaban J connectivity index is 2.84. The average Bonchev–Trinajstić information content (AvgIpc) is 2.08. The first-order valence-corrected chi connectivity index (χ1v) is 4.81. The van der Waals surface area contributed by atoms with Gasteiger partial charge in [-0.25, -0.2) is 0 Å². The molecule has 0 saturated heterocycles. The minimum absolute atomic E-state index is 0.437. The summed E-state index contributed by atoms with van der Waals surface area (Å²) in [5, 5.41) is 2.93. The van der Waals surface area contributed by atoms with E-state index in [0.717, 1.165) is 11.4 Å². The smallest absolute Gasteiger partial charge is 0.142 e. The summed E-state index contributed by atoms with van der Waals surface area (Å²) in [5.41, 5.74) is 0.851. The van der Waals surface area contributed by atoms with Crippen LogP contribution in [0.2, 0.25) is 0 Å². The molecule has 1 aromatic rings. The number of thiocarbonyl (C=S) groups is 1. The first kappa shape index (κ1) is 10.3. The van der Waals surface area contributed by atoms with E-state index in [-0.39, 0.29) is 0 Å². The summed E-state index contributed by atoms with van der Waals surface area (Å²) < 4.78 is 5.82. The van der Waals surface area contributed by atoms with Gasteiger partial charge in [-0.3, -0.25) is 0 Å². The molecule has 1 N–H and O–H groups in total. The molecule has 0 saturated carbocycles. The number of benzene rings is 1. The van der Waals surface area contributed by atoms with E-state index in [2.05, 4.69) is 17.9 Å². The van der Waals surface area contributed by atoms with Crippen molar-refractivity contribution in [2.24, 2.45) is 0 Å². The van der Waals surface area contributed by atoms with E-state index in [0.29, 0.717) is 10.9 Å². The highest BCUT2D eigenvalue weighted by molar-refractivity contribution is 8.11. The third-order valence-corrected chi connectivity index (χ3v) is 1.64. The van der Waals surface area contributed by atoms with Gasteiger partial charge < -0.3 is 10.1 Å². The van der Waals surface area contributed by atoms with Crippen molar-refractivity contribution in [3.05, 3.63) is 24.3 Å². The minimum Gasteiger partial charge on any atom is -0.492 e. The molecule has 0 unspecified atom stereocenters. The second kappa shape index (κ2) is 5.09. The molecule has 0 aliphatic carbocycles. The van der Waals surface area contributed by atoms with Crippen molar-refractivity contribution in [1.29, 1.82) is 0 Å². The highest BCUT2D eigenvalue weighted by atomic mass is 32.1. The van der Waals surface area contributed by atoms with Gasteiger partial charge in [0, 0.05) is 0 Å². The number of anilines is 1. The maximum absolute atomic E-state index is 5.38. The number of hydrogen-bond acceptors (Lipinski definition) is 2.